The molecule has 156 valence electrons. The normalized spacial score (nSPS) is 22.0. The fourth-order valence-electron chi connectivity index (χ4n) is 3.03. The Bertz CT molecular complexity index is 960. The summed E-state index contributed by atoms with van der Waals surface area (Å²) < 4.78 is 28.5. The van der Waals surface area contributed by atoms with E-state index in [-0.39, 0.29) is 42.4 Å². The number of carbonyl (C=O) groups is 3. The third-order valence-corrected chi connectivity index (χ3v) is 6.62. The molecule has 0 aliphatic carbocycles. The zero-order valence-corrected chi connectivity index (χ0v) is 17.2. The molecule has 1 saturated heterocycles. The van der Waals surface area contributed by atoms with Gasteiger partial charge >= 0.3 is 5.97 Å². The number of carbonyl (C=O) groups excluding carboxylic acids is 3. The van der Waals surface area contributed by atoms with Crippen molar-refractivity contribution in [2.45, 2.75) is 38.3 Å². The smallest absolute Gasteiger partial charge is 0.355 e. The first-order chi connectivity index (χ1) is 13.6. The fraction of sp³-hybridized carbons (Fsp3) is 0.444. The molecule has 1 aromatic rings. The van der Waals surface area contributed by atoms with Gasteiger partial charge in [0.2, 0.25) is 5.91 Å². The standard InChI is InChI=1S/C18H20ClN3O6S/c1-11(17(24)20-13-4-2-12(19)3-5-13)28-18(25)15-6-7-16(23)22(21-15)14-8-9-29(26,27)10-14/h2-5,11,14H,6-10H2,1H3,(H,20,24)/t11-,14-/m0/s1. The minimum Gasteiger partial charge on any atom is -0.448 e. The topological polar surface area (TPSA) is 122 Å². The quantitative estimate of drug-likeness (QED) is 0.688. The number of nitrogens with one attached hydrogen (secondary N) is 1. The molecule has 1 aromatic carbocycles. The van der Waals surface area contributed by atoms with E-state index in [1.165, 1.54) is 6.92 Å². The number of anilines is 1. The molecular formula is C18H20ClN3O6S. The first-order valence-electron chi connectivity index (χ1n) is 9.02. The molecule has 9 nitrogen and oxygen atoms in total. The van der Waals surface area contributed by atoms with Gasteiger partial charge in [-0.05, 0) is 37.6 Å². The maximum Gasteiger partial charge on any atom is 0.355 e. The van der Waals surface area contributed by atoms with Crippen LogP contribution in [0.25, 0.3) is 0 Å². The molecule has 0 unspecified atom stereocenters. The molecule has 2 aliphatic rings. The van der Waals surface area contributed by atoms with Crippen LogP contribution in [-0.2, 0) is 29.0 Å². The summed E-state index contributed by atoms with van der Waals surface area (Å²) in [5.41, 5.74) is 0.483. The van der Waals surface area contributed by atoms with Crippen LogP contribution in [-0.4, -0.2) is 60.6 Å². The van der Waals surface area contributed by atoms with Crippen molar-refractivity contribution in [1.29, 1.82) is 0 Å². The van der Waals surface area contributed by atoms with Crippen LogP contribution in [0.4, 0.5) is 5.69 Å². The lowest BCUT2D eigenvalue weighted by atomic mass is 10.1. The van der Waals surface area contributed by atoms with E-state index >= 15 is 0 Å². The molecule has 29 heavy (non-hydrogen) atoms. The fourth-order valence-corrected chi connectivity index (χ4v) is 4.85. The number of amides is 2. The number of esters is 1. The molecule has 2 amide bonds. The summed E-state index contributed by atoms with van der Waals surface area (Å²) in [6.07, 6.45) is -0.728. The van der Waals surface area contributed by atoms with E-state index in [0.717, 1.165) is 5.01 Å². The predicted molar refractivity (Wildman–Crippen MR) is 106 cm³/mol. The first-order valence-corrected chi connectivity index (χ1v) is 11.2. The number of benzene rings is 1. The van der Waals surface area contributed by atoms with E-state index in [1.54, 1.807) is 24.3 Å². The number of halogens is 1. The number of ether oxygens (including phenoxy) is 1. The molecule has 0 aromatic heterocycles. The Balaban J connectivity index is 1.62. The average Bonchev–Trinajstić information content (AvgIpc) is 3.03. The van der Waals surface area contributed by atoms with Gasteiger partial charge in [0.15, 0.2) is 15.9 Å². The Labute approximate surface area is 173 Å². The number of nitrogens with zero attached hydrogens (tertiary/aromatic N) is 2. The van der Waals surface area contributed by atoms with Crippen LogP contribution in [0.2, 0.25) is 5.02 Å². The maximum atomic E-state index is 12.4. The number of hydrazone groups is 1. The summed E-state index contributed by atoms with van der Waals surface area (Å²) in [7, 11) is -3.21. The summed E-state index contributed by atoms with van der Waals surface area (Å²) >= 11 is 5.79. The Morgan fingerprint density at radius 3 is 2.59 bits per heavy atom. The molecule has 2 atom stereocenters. The van der Waals surface area contributed by atoms with E-state index in [4.69, 9.17) is 16.3 Å². The van der Waals surface area contributed by atoms with E-state index in [1.807, 2.05) is 0 Å². The van der Waals surface area contributed by atoms with Crippen molar-refractivity contribution < 1.29 is 27.5 Å². The van der Waals surface area contributed by atoms with Crippen LogP contribution in [0, 0.1) is 0 Å². The molecule has 11 heteroatoms. The number of hydrogen-bond acceptors (Lipinski definition) is 7. The highest BCUT2D eigenvalue weighted by Gasteiger charge is 2.37. The summed E-state index contributed by atoms with van der Waals surface area (Å²) in [4.78, 5) is 36.7. The highest BCUT2D eigenvalue weighted by molar-refractivity contribution is 7.91. The van der Waals surface area contributed by atoms with Crippen molar-refractivity contribution >= 4 is 50.6 Å². The van der Waals surface area contributed by atoms with E-state index in [9.17, 15) is 22.8 Å². The molecule has 2 heterocycles. The van der Waals surface area contributed by atoms with Crippen LogP contribution in [0.1, 0.15) is 26.2 Å². The van der Waals surface area contributed by atoms with Crippen LogP contribution in [0.5, 0.6) is 0 Å². The van der Waals surface area contributed by atoms with Crippen molar-refractivity contribution in [2.75, 3.05) is 16.8 Å². The van der Waals surface area contributed by atoms with Crippen LogP contribution in [0.15, 0.2) is 29.4 Å². The van der Waals surface area contributed by atoms with Gasteiger partial charge in [-0.25, -0.2) is 18.2 Å². The maximum absolute atomic E-state index is 12.4. The van der Waals surface area contributed by atoms with Crippen molar-refractivity contribution in [1.82, 2.24) is 5.01 Å². The number of rotatable bonds is 5. The van der Waals surface area contributed by atoms with Gasteiger partial charge in [-0.15, -0.1) is 0 Å². The minimum atomic E-state index is -3.21. The van der Waals surface area contributed by atoms with Gasteiger partial charge < -0.3 is 10.1 Å². The van der Waals surface area contributed by atoms with Crippen molar-refractivity contribution in [3.8, 4) is 0 Å². The highest BCUT2D eigenvalue weighted by atomic mass is 35.5. The molecular weight excluding hydrogens is 422 g/mol. The monoisotopic (exact) mass is 441 g/mol. The second kappa shape index (κ2) is 8.50. The second-order valence-electron chi connectivity index (χ2n) is 6.89. The summed E-state index contributed by atoms with van der Waals surface area (Å²) in [6, 6.07) is 5.86. The van der Waals surface area contributed by atoms with Crippen molar-refractivity contribution in [2.24, 2.45) is 5.10 Å². The summed E-state index contributed by atoms with van der Waals surface area (Å²) in [5.74, 6) is -1.88. The summed E-state index contributed by atoms with van der Waals surface area (Å²) in [5, 5.41) is 8.23. The van der Waals surface area contributed by atoms with Gasteiger partial charge in [0.25, 0.3) is 5.91 Å². The Hall–Kier alpha value is -2.46. The van der Waals surface area contributed by atoms with Gasteiger partial charge in [0, 0.05) is 23.6 Å². The molecule has 1 fully saturated rings. The van der Waals surface area contributed by atoms with Gasteiger partial charge in [-0.2, -0.15) is 5.10 Å². The minimum absolute atomic E-state index is 0.0139. The molecule has 0 spiro atoms. The van der Waals surface area contributed by atoms with Crippen LogP contribution in [0.3, 0.4) is 0 Å². The van der Waals surface area contributed by atoms with E-state index in [0.29, 0.717) is 10.7 Å². The van der Waals surface area contributed by atoms with Crippen LogP contribution < -0.4 is 5.32 Å². The van der Waals surface area contributed by atoms with E-state index in [2.05, 4.69) is 10.4 Å². The second-order valence-corrected chi connectivity index (χ2v) is 9.55. The highest BCUT2D eigenvalue weighted by Crippen LogP contribution is 2.22. The predicted octanol–water partition coefficient (Wildman–Crippen LogP) is 1.38. The third kappa shape index (κ3) is 5.33. The zero-order valence-electron chi connectivity index (χ0n) is 15.6. The molecule has 3 rings (SSSR count). The average molecular weight is 442 g/mol. The Morgan fingerprint density at radius 1 is 1.28 bits per heavy atom. The Morgan fingerprint density at radius 2 is 1.97 bits per heavy atom. The van der Waals surface area contributed by atoms with Gasteiger partial charge in [-0.3, -0.25) is 9.59 Å². The largest absolute Gasteiger partial charge is 0.448 e. The SMILES string of the molecule is C[C@H](OC(=O)C1=NN([C@H]2CCS(=O)(=O)C2)C(=O)CC1)C(=O)Nc1ccc(Cl)cc1. The van der Waals surface area contributed by atoms with Crippen molar-refractivity contribution in [3.05, 3.63) is 29.3 Å². The van der Waals surface area contributed by atoms with Gasteiger partial charge in [-0.1, -0.05) is 11.6 Å². The van der Waals surface area contributed by atoms with Crippen LogP contribution >= 0.6 is 11.6 Å². The number of hydrogen-bond donors (Lipinski definition) is 1. The van der Waals surface area contributed by atoms with Gasteiger partial charge in [0.05, 0.1) is 17.5 Å². The molecule has 0 radical (unpaired) electrons. The number of sulfone groups is 1. The zero-order chi connectivity index (χ0) is 21.2. The molecule has 0 bridgehead atoms. The van der Waals surface area contributed by atoms with Crippen molar-refractivity contribution in [3.63, 3.8) is 0 Å². The lowest BCUT2D eigenvalue weighted by molar-refractivity contribution is -0.147. The lowest BCUT2D eigenvalue weighted by Gasteiger charge is -2.27. The molecule has 0 saturated carbocycles. The van der Waals surface area contributed by atoms with E-state index < -0.39 is 33.9 Å². The third-order valence-electron chi connectivity index (χ3n) is 4.61. The summed E-state index contributed by atoms with van der Waals surface area (Å²) in [6.45, 7) is 1.42. The molecule has 1 N–H and O–H groups in total. The Kier molecular flexibility index (Phi) is 6.23. The lowest BCUT2D eigenvalue weighted by Crippen LogP contribution is -2.42. The molecule has 2 aliphatic heterocycles. The van der Waals surface area contributed by atoms with Gasteiger partial charge in [0.1, 0.15) is 5.71 Å². The first kappa shape index (κ1) is 21.3.